The minimum Gasteiger partial charge on any atom is -0.465 e. The normalized spacial score (nSPS) is 11.7. The molecule has 1 atom stereocenters. The van der Waals surface area contributed by atoms with Crippen molar-refractivity contribution in [2.24, 2.45) is 5.92 Å². The van der Waals surface area contributed by atoms with Crippen molar-refractivity contribution in [1.82, 2.24) is 0 Å². The van der Waals surface area contributed by atoms with Crippen LogP contribution in [-0.4, -0.2) is 26.2 Å². The molecule has 4 nitrogen and oxygen atoms in total. The van der Waals surface area contributed by atoms with Gasteiger partial charge in [-0.05, 0) is 36.2 Å². The van der Waals surface area contributed by atoms with E-state index in [1.54, 1.807) is 6.92 Å². The topological polar surface area (TPSA) is 53.3 Å². The Balaban J connectivity index is 2.02. The first-order chi connectivity index (χ1) is 10.7. The van der Waals surface area contributed by atoms with Gasteiger partial charge in [-0.3, -0.25) is 4.79 Å². The minimum absolute atomic E-state index is 0.303. The summed E-state index contributed by atoms with van der Waals surface area (Å²) in [4.78, 5) is 13.7. The van der Waals surface area contributed by atoms with Gasteiger partial charge in [-0.15, -0.1) is 0 Å². The first-order valence-corrected chi connectivity index (χ1v) is 7.42. The summed E-state index contributed by atoms with van der Waals surface area (Å²) in [5.41, 5.74) is 1.07. The van der Waals surface area contributed by atoms with Crippen LogP contribution in [0.2, 0.25) is 0 Å². The quantitative estimate of drug-likeness (QED) is 0.767. The third-order valence-electron chi connectivity index (χ3n) is 3.65. The highest BCUT2D eigenvalue weighted by Gasteiger charge is 2.19. The summed E-state index contributed by atoms with van der Waals surface area (Å²) in [6.45, 7) is 2.67. The van der Waals surface area contributed by atoms with Crippen LogP contribution in [0.25, 0.3) is 10.8 Å². The number of esters is 1. The monoisotopic (exact) mass is 296 g/mol. The molecule has 0 spiro atoms. The molecule has 0 radical (unpaired) electrons. The van der Waals surface area contributed by atoms with E-state index in [0.717, 1.165) is 5.69 Å². The Hall–Kier alpha value is -2.54. The van der Waals surface area contributed by atoms with Gasteiger partial charge in [0, 0.05) is 19.3 Å². The van der Waals surface area contributed by atoms with Crippen LogP contribution in [-0.2, 0) is 9.53 Å². The van der Waals surface area contributed by atoms with Crippen LogP contribution in [0.4, 0.5) is 5.69 Å². The molecular weight excluding hydrogens is 276 g/mol. The molecule has 2 aromatic rings. The second kappa shape index (κ2) is 7.46. The van der Waals surface area contributed by atoms with E-state index in [1.807, 2.05) is 31.3 Å². The van der Waals surface area contributed by atoms with E-state index in [-0.39, 0.29) is 0 Å². The number of benzene rings is 2. The number of rotatable bonds is 6. The van der Waals surface area contributed by atoms with E-state index < -0.39 is 11.9 Å². The highest BCUT2D eigenvalue weighted by Crippen LogP contribution is 2.22. The van der Waals surface area contributed by atoms with Gasteiger partial charge in [-0.1, -0.05) is 30.3 Å². The number of nitrogens with zero attached hydrogens (tertiary/aromatic N) is 2. The third-order valence-corrected chi connectivity index (χ3v) is 3.65. The number of anilines is 1. The zero-order chi connectivity index (χ0) is 15.9. The largest absolute Gasteiger partial charge is 0.465 e. The Labute approximate surface area is 130 Å². The number of nitriles is 1. The molecule has 114 valence electrons. The molecule has 1 unspecified atom stereocenters. The van der Waals surface area contributed by atoms with Gasteiger partial charge in [0.05, 0.1) is 12.7 Å². The maximum atomic E-state index is 11.6. The van der Waals surface area contributed by atoms with E-state index in [0.29, 0.717) is 19.6 Å². The highest BCUT2D eigenvalue weighted by molar-refractivity contribution is 5.85. The molecule has 2 aromatic carbocycles. The van der Waals surface area contributed by atoms with Gasteiger partial charge in [-0.2, -0.15) is 5.26 Å². The highest BCUT2D eigenvalue weighted by atomic mass is 16.5. The first-order valence-electron chi connectivity index (χ1n) is 7.42. The summed E-state index contributed by atoms with van der Waals surface area (Å²) >= 11 is 0. The fourth-order valence-electron chi connectivity index (χ4n) is 2.34. The second-order valence-electron chi connectivity index (χ2n) is 5.18. The number of fused-ring (bicyclic) bond motifs is 1. The molecule has 0 fully saturated rings. The average molecular weight is 296 g/mol. The number of hydrogen-bond acceptors (Lipinski definition) is 4. The predicted octanol–water partition coefficient (Wildman–Crippen LogP) is 3.37. The van der Waals surface area contributed by atoms with Crippen molar-refractivity contribution < 1.29 is 9.53 Å². The number of hydrogen-bond donors (Lipinski definition) is 0. The maximum absolute atomic E-state index is 11.6. The summed E-state index contributed by atoms with van der Waals surface area (Å²) < 4.78 is 4.91. The summed E-state index contributed by atoms with van der Waals surface area (Å²) in [5.74, 6) is -1.14. The molecule has 2 rings (SSSR count). The van der Waals surface area contributed by atoms with Crippen molar-refractivity contribution in [1.29, 1.82) is 5.26 Å². The maximum Gasteiger partial charge on any atom is 0.323 e. The molecule has 4 heteroatoms. The van der Waals surface area contributed by atoms with Crippen molar-refractivity contribution >= 4 is 22.4 Å². The standard InChI is InChI=1S/C18H20N2O2/c1-3-22-18(21)16(13-19)10-11-20(2)17-9-8-14-6-4-5-7-15(14)12-17/h4-9,12,16H,3,10-11H2,1-2H3. The summed E-state index contributed by atoms with van der Waals surface area (Å²) in [7, 11) is 1.96. The van der Waals surface area contributed by atoms with Gasteiger partial charge in [0.1, 0.15) is 5.92 Å². The second-order valence-corrected chi connectivity index (χ2v) is 5.18. The van der Waals surface area contributed by atoms with E-state index in [9.17, 15) is 4.79 Å². The molecule has 0 aromatic heterocycles. The van der Waals surface area contributed by atoms with Crippen molar-refractivity contribution in [2.75, 3.05) is 25.1 Å². The molecule has 0 heterocycles. The SMILES string of the molecule is CCOC(=O)C(C#N)CCN(C)c1ccc2ccccc2c1. The Morgan fingerprint density at radius 3 is 2.68 bits per heavy atom. The molecule has 0 bridgehead atoms. The van der Waals surface area contributed by atoms with Crippen molar-refractivity contribution in [2.45, 2.75) is 13.3 Å². The van der Waals surface area contributed by atoms with Crippen LogP contribution in [0.15, 0.2) is 42.5 Å². The molecule has 0 aliphatic heterocycles. The third kappa shape index (κ3) is 3.76. The molecule has 22 heavy (non-hydrogen) atoms. The fraction of sp³-hybridized carbons (Fsp3) is 0.333. The van der Waals surface area contributed by atoms with Gasteiger partial charge in [0.2, 0.25) is 0 Å². The molecule has 0 saturated heterocycles. The first kappa shape index (κ1) is 15.8. The molecule has 0 N–H and O–H groups in total. The molecule has 0 aliphatic rings. The lowest BCUT2D eigenvalue weighted by molar-refractivity contribution is -0.146. The van der Waals surface area contributed by atoms with Gasteiger partial charge in [-0.25, -0.2) is 0 Å². The van der Waals surface area contributed by atoms with Gasteiger partial charge >= 0.3 is 5.97 Å². The van der Waals surface area contributed by atoms with Gasteiger partial charge in [0.15, 0.2) is 0 Å². The molecule has 0 amide bonds. The Kier molecular flexibility index (Phi) is 5.37. The smallest absolute Gasteiger partial charge is 0.323 e. The molecular formula is C18H20N2O2. The Bertz CT molecular complexity index is 691. The van der Waals surface area contributed by atoms with Crippen molar-refractivity contribution in [3.63, 3.8) is 0 Å². The summed E-state index contributed by atoms with van der Waals surface area (Å²) in [5, 5.41) is 11.4. The lowest BCUT2D eigenvalue weighted by Crippen LogP contribution is -2.24. The Morgan fingerprint density at radius 1 is 1.27 bits per heavy atom. The zero-order valence-corrected chi connectivity index (χ0v) is 13.0. The lowest BCUT2D eigenvalue weighted by atomic mass is 10.1. The lowest BCUT2D eigenvalue weighted by Gasteiger charge is -2.20. The van der Waals surface area contributed by atoms with E-state index in [2.05, 4.69) is 29.2 Å². The van der Waals surface area contributed by atoms with Crippen LogP contribution in [0.3, 0.4) is 0 Å². The number of carbonyl (C=O) groups excluding carboxylic acids is 1. The van der Waals surface area contributed by atoms with Crippen LogP contribution in [0.1, 0.15) is 13.3 Å². The molecule has 0 aliphatic carbocycles. The minimum atomic E-state index is -0.706. The summed E-state index contributed by atoms with van der Waals surface area (Å²) in [6, 6.07) is 16.4. The number of ether oxygens (including phenoxy) is 1. The van der Waals surface area contributed by atoms with Gasteiger partial charge in [0.25, 0.3) is 0 Å². The number of carbonyl (C=O) groups is 1. The van der Waals surface area contributed by atoms with Crippen LogP contribution in [0, 0.1) is 17.2 Å². The molecule has 0 saturated carbocycles. The average Bonchev–Trinajstić information content (AvgIpc) is 2.55. The van der Waals surface area contributed by atoms with Crippen LogP contribution >= 0.6 is 0 Å². The van der Waals surface area contributed by atoms with Gasteiger partial charge < -0.3 is 9.64 Å². The predicted molar refractivity (Wildman–Crippen MR) is 87.6 cm³/mol. The van der Waals surface area contributed by atoms with E-state index >= 15 is 0 Å². The van der Waals surface area contributed by atoms with Crippen molar-refractivity contribution in [3.8, 4) is 6.07 Å². The Morgan fingerprint density at radius 2 is 2.00 bits per heavy atom. The van der Waals surface area contributed by atoms with Crippen molar-refractivity contribution in [3.05, 3.63) is 42.5 Å². The van der Waals surface area contributed by atoms with E-state index in [1.165, 1.54) is 10.8 Å². The van der Waals surface area contributed by atoms with Crippen LogP contribution in [0.5, 0.6) is 0 Å². The summed E-state index contributed by atoms with van der Waals surface area (Å²) in [6.07, 6.45) is 0.457. The van der Waals surface area contributed by atoms with E-state index in [4.69, 9.17) is 10.00 Å². The van der Waals surface area contributed by atoms with Crippen LogP contribution < -0.4 is 4.90 Å². The fourth-order valence-corrected chi connectivity index (χ4v) is 2.34. The zero-order valence-electron chi connectivity index (χ0n) is 13.0.